The lowest BCUT2D eigenvalue weighted by Gasteiger charge is -2.35. The minimum absolute atomic E-state index is 0. The molecule has 2 unspecified atom stereocenters. The zero-order chi connectivity index (χ0) is 12.1. The molecule has 5 heteroatoms. The molecule has 3 nitrogen and oxygen atoms in total. The van der Waals surface area contributed by atoms with E-state index < -0.39 is 0 Å². The van der Waals surface area contributed by atoms with E-state index >= 15 is 0 Å². The van der Waals surface area contributed by atoms with Gasteiger partial charge < -0.3 is 10.2 Å². The van der Waals surface area contributed by atoms with Crippen LogP contribution in [-0.4, -0.2) is 49.0 Å². The van der Waals surface area contributed by atoms with Crippen molar-refractivity contribution in [1.29, 1.82) is 0 Å². The molecule has 1 rings (SSSR count). The topological polar surface area (TPSA) is 32.3 Å². The lowest BCUT2D eigenvalue weighted by atomic mass is 9.87. The smallest absolute Gasteiger partial charge is 0.225 e. The average molecular weight is 281 g/mol. The molecule has 0 bridgehead atoms. The van der Waals surface area contributed by atoms with Gasteiger partial charge in [0, 0.05) is 19.0 Å². The lowest BCUT2D eigenvalue weighted by molar-refractivity contribution is -0.137. The van der Waals surface area contributed by atoms with E-state index in [4.69, 9.17) is 0 Å². The van der Waals surface area contributed by atoms with Crippen molar-refractivity contribution in [3.05, 3.63) is 0 Å². The highest BCUT2D eigenvalue weighted by Gasteiger charge is 2.31. The highest BCUT2D eigenvalue weighted by Crippen LogP contribution is 2.19. The lowest BCUT2D eigenvalue weighted by Crippen LogP contribution is -2.51. The van der Waals surface area contributed by atoms with Gasteiger partial charge in [-0.3, -0.25) is 4.79 Å². The van der Waals surface area contributed by atoms with Gasteiger partial charge in [0.2, 0.25) is 5.91 Å². The maximum absolute atomic E-state index is 12.2. The second-order valence-corrected chi connectivity index (χ2v) is 5.77. The SMILES string of the molecule is CSCCC(C)N(C)C(=O)C(C)C1CNC1.Cl. The second-order valence-electron chi connectivity index (χ2n) is 4.79. The van der Waals surface area contributed by atoms with Gasteiger partial charge in [0.05, 0.1) is 0 Å². The molecule has 1 aliphatic heterocycles. The first-order valence-electron chi connectivity index (χ1n) is 6.04. The molecular weight excluding hydrogens is 256 g/mol. The van der Waals surface area contributed by atoms with Crippen molar-refractivity contribution in [2.24, 2.45) is 11.8 Å². The van der Waals surface area contributed by atoms with Crippen molar-refractivity contribution in [3.8, 4) is 0 Å². The van der Waals surface area contributed by atoms with Gasteiger partial charge in [-0.15, -0.1) is 12.4 Å². The molecule has 1 fully saturated rings. The number of thioether (sulfide) groups is 1. The number of amides is 1. The average Bonchev–Trinajstić information content (AvgIpc) is 2.21. The number of nitrogens with one attached hydrogen (secondary N) is 1. The van der Waals surface area contributed by atoms with Crippen LogP contribution < -0.4 is 5.32 Å². The maximum Gasteiger partial charge on any atom is 0.225 e. The molecule has 0 radical (unpaired) electrons. The van der Waals surface area contributed by atoms with Gasteiger partial charge in [0.15, 0.2) is 0 Å². The Balaban J connectivity index is 0.00000256. The van der Waals surface area contributed by atoms with Crippen LogP contribution in [-0.2, 0) is 4.79 Å². The Labute approximate surface area is 115 Å². The fraction of sp³-hybridized carbons (Fsp3) is 0.917. The summed E-state index contributed by atoms with van der Waals surface area (Å²) >= 11 is 1.84. The van der Waals surface area contributed by atoms with Gasteiger partial charge in [0.25, 0.3) is 0 Å². The molecule has 1 N–H and O–H groups in total. The minimum atomic E-state index is 0. The monoisotopic (exact) mass is 280 g/mol. The fourth-order valence-corrected chi connectivity index (χ4v) is 2.46. The van der Waals surface area contributed by atoms with Crippen LogP contribution in [0.5, 0.6) is 0 Å². The predicted octanol–water partition coefficient (Wildman–Crippen LogP) is 1.86. The summed E-state index contributed by atoms with van der Waals surface area (Å²) in [6, 6.07) is 0.357. The number of hydrogen-bond donors (Lipinski definition) is 1. The summed E-state index contributed by atoms with van der Waals surface area (Å²) in [5, 5.41) is 3.23. The fourth-order valence-electron chi connectivity index (χ4n) is 1.89. The van der Waals surface area contributed by atoms with Crippen LogP contribution in [0, 0.1) is 11.8 Å². The summed E-state index contributed by atoms with van der Waals surface area (Å²) in [6.07, 6.45) is 3.19. The molecule has 17 heavy (non-hydrogen) atoms. The molecular formula is C12H25ClN2OS. The maximum atomic E-state index is 12.2. The summed E-state index contributed by atoms with van der Waals surface area (Å²) in [5.41, 5.74) is 0. The van der Waals surface area contributed by atoms with Crippen LogP contribution in [0.2, 0.25) is 0 Å². The van der Waals surface area contributed by atoms with Crippen LogP contribution in [0.1, 0.15) is 20.3 Å². The Hall–Kier alpha value is 0.0700. The van der Waals surface area contributed by atoms with Crippen molar-refractivity contribution in [1.82, 2.24) is 10.2 Å². The van der Waals surface area contributed by atoms with Crippen LogP contribution in [0.15, 0.2) is 0 Å². The molecule has 1 amide bonds. The van der Waals surface area contributed by atoms with E-state index in [0.29, 0.717) is 17.9 Å². The molecule has 1 heterocycles. The first-order chi connectivity index (χ1) is 7.57. The van der Waals surface area contributed by atoms with E-state index in [1.165, 1.54) is 0 Å². The largest absolute Gasteiger partial charge is 0.343 e. The van der Waals surface area contributed by atoms with Crippen LogP contribution in [0.4, 0.5) is 0 Å². The molecule has 0 aromatic carbocycles. The Bertz CT molecular complexity index is 237. The van der Waals surface area contributed by atoms with Crippen molar-refractivity contribution >= 4 is 30.1 Å². The summed E-state index contributed by atoms with van der Waals surface area (Å²) in [5.74, 6) is 2.14. The molecule has 0 aliphatic carbocycles. The van der Waals surface area contributed by atoms with Crippen LogP contribution >= 0.6 is 24.2 Å². The molecule has 0 saturated carbocycles. The van der Waals surface area contributed by atoms with E-state index in [-0.39, 0.29) is 18.3 Å². The van der Waals surface area contributed by atoms with Crippen LogP contribution in [0.25, 0.3) is 0 Å². The van der Waals surface area contributed by atoms with E-state index in [0.717, 1.165) is 25.3 Å². The standard InChI is InChI=1S/C12H24N2OS.ClH/c1-9(5-6-16-4)14(3)12(15)10(2)11-7-13-8-11;/h9-11,13H,5-8H2,1-4H3;1H. The first kappa shape index (κ1) is 17.1. The molecule has 2 atom stereocenters. The van der Waals surface area contributed by atoms with Gasteiger partial charge in [-0.1, -0.05) is 6.92 Å². The summed E-state index contributed by atoms with van der Waals surface area (Å²) in [7, 11) is 1.94. The van der Waals surface area contributed by atoms with E-state index in [9.17, 15) is 4.79 Å². The number of rotatable bonds is 6. The highest BCUT2D eigenvalue weighted by atomic mass is 35.5. The van der Waals surface area contributed by atoms with Crippen molar-refractivity contribution in [3.63, 3.8) is 0 Å². The molecule has 0 aromatic rings. The third kappa shape index (κ3) is 4.68. The number of carbonyl (C=O) groups excluding carboxylic acids is 1. The Morgan fingerprint density at radius 2 is 2.06 bits per heavy atom. The highest BCUT2D eigenvalue weighted by molar-refractivity contribution is 7.98. The van der Waals surface area contributed by atoms with Gasteiger partial charge in [-0.2, -0.15) is 11.8 Å². The normalized spacial score (nSPS) is 18.8. The Kier molecular flexibility index (Phi) is 8.25. The van der Waals surface area contributed by atoms with Gasteiger partial charge in [0.1, 0.15) is 0 Å². The van der Waals surface area contributed by atoms with Crippen molar-refractivity contribution in [2.45, 2.75) is 26.3 Å². The number of hydrogen-bond acceptors (Lipinski definition) is 3. The molecule has 102 valence electrons. The quantitative estimate of drug-likeness (QED) is 0.806. The molecule has 1 aliphatic rings. The van der Waals surface area contributed by atoms with E-state index in [2.05, 4.69) is 25.4 Å². The van der Waals surface area contributed by atoms with E-state index in [1.807, 2.05) is 23.7 Å². The Morgan fingerprint density at radius 1 is 1.47 bits per heavy atom. The molecule has 0 spiro atoms. The summed E-state index contributed by atoms with van der Waals surface area (Å²) in [4.78, 5) is 14.1. The summed E-state index contributed by atoms with van der Waals surface area (Å²) < 4.78 is 0. The summed E-state index contributed by atoms with van der Waals surface area (Å²) in [6.45, 7) is 6.20. The van der Waals surface area contributed by atoms with Crippen LogP contribution in [0.3, 0.4) is 0 Å². The third-order valence-electron chi connectivity index (χ3n) is 3.66. The molecule has 0 aromatic heterocycles. The number of carbonyl (C=O) groups is 1. The van der Waals surface area contributed by atoms with E-state index in [1.54, 1.807) is 0 Å². The molecule has 1 saturated heterocycles. The zero-order valence-electron chi connectivity index (χ0n) is 11.2. The van der Waals surface area contributed by atoms with Crippen molar-refractivity contribution < 1.29 is 4.79 Å². The number of nitrogens with zero attached hydrogens (tertiary/aromatic N) is 1. The second kappa shape index (κ2) is 8.22. The number of halogens is 1. The first-order valence-corrected chi connectivity index (χ1v) is 7.43. The third-order valence-corrected chi connectivity index (χ3v) is 4.30. The minimum Gasteiger partial charge on any atom is -0.343 e. The predicted molar refractivity (Wildman–Crippen MR) is 78.0 cm³/mol. The Morgan fingerprint density at radius 3 is 2.47 bits per heavy atom. The van der Waals surface area contributed by atoms with Gasteiger partial charge >= 0.3 is 0 Å². The van der Waals surface area contributed by atoms with Crippen molar-refractivity contribution in [2.75, 3.05) is 32.1 Å². The zero-order valence-corrected chi connectivity index (χ0v) is 12.9. The van der Waals surface area contributed by atoms with Gasteiger partial charge in [-0.25, -0.2) is 0 Å². The van der Waals surface area contributed by atoms with Gasteiger partial charge in [-0.05, 0) is 44.4 Å².